The lowest BCUT2D eigenvalue weighted by Gasteiger charge is -2.38. The van der Waals surface area contributed by atoms with Gasteiger partial charge in [-0.1, -0.05) is 26.0 Å². The minimum Gasteiger partial charge on any atom is -0.371 e. The quantitative estimate of drug-likeness (QED) is 0.888. The van der Waals surface area contributed by atoms with Crippen LogP contribution < -0.4 is 10.2 Å². The SMILES string of the molecule is CC1(C)CCN(c2ccc(CNC(C)(C)C)cc2)CC1. The van der Waals surface area contributed by atoms with E-state index in [4.69, 9.17) is 0 Å². The second-order valence-electron chi connectivity index (χ2n) is 7.92. The second kappa shape index (κ2) is 5.77. The summed E-state index contributed by atoms with van der Waals surface area (Å²) in [5.41, 5.74) is 3.44. The molecule has 1 fully saturated rings. The maximum Gasteiger partial charge on any atom is 0.0366 e. The van der Waals surface area contributed by atoms with Gasteiger partial charge in [-0.25, -0.2) is 0 Å². The largest absolute Gasteiger partial charge is 0.371 e. The fourth-order valence-corrected chi connectivity index (χ4v) is 2.56. The van der Waals surface area contributed by atoms with E-state index in [2.05, 4.69) is 69.1 Å². The van der Waals surface area contributed by atoms with Crippen molar-refractivity contribution >= 4 is 5.69 Å². The molecular weight excluding hydrogens is 244 g/mol. The van der Waals surface area contributed by atoms with Crippen molar-refractivity contribution in [2.45, 2.75) is 59.5 Å². The second-order valence-corrected chi connectivity index (χ2v) is 7.92. The third-order valence-corrected chi connectivity index (χ3v) is 4.24. The lowest BCUT2D eigenvalue weighted by molar-refractivity contribution is 0.280. The average molecular weight is 274 g/mol. The number of hydrogen-bond donors (Lipinski definition) is 1. The van der Waals surface area contributed by atoms with Gasteiger partial charge in [-0.2, -0.15) is 0 Å². The smallest absolute Gasteiger partial charge is 0.0366 e. The molecule has 0 atom stereocenters. The van der Waals surface area contributed by atoms with E-state index in [1.54, 1.807) is 0 Å². The maximum absolute atomic E-state index is 3.53. The van der Waals surface area contributed by atoms with Crippen LogP contribution in [-0.4, -0.2) is 18.6 Å². The average Bonchev–Trinajstić information content (AvgIpc) is 2.36. The monoisotopic (exact) mass is 274 g/mol. The minimum atomic E-state index is 0.178. The molecule has 2 heteroatoms. The Bertz CT molecular complexity index is 416. The van der Waals surface area contributed by atoms with E-state index < -0.39 is 0 Å². The maximum atomic E-state index is 3.53. The van der Waals surface area contributed by atoms with Crippen LogP contribution in [0, 0.1) is 5.41 Å². The van der Waals surface area contributed by atoms with E-state index in [1.807, 2.05) is 0 Å². The van der Waals surface area contributed by atoms with Gasteiger partial charge in [0.1, 0.15) is 0 Å². The molecule has 1 N–H and O–H groups in total. The van der Waals surface area contributed by atoms with Crippen LogP contribution in [0.25, 0.3) is 0 Å². The van der Waals surface area contributed by atoms with Gasteiger partial charge in [-0.3, -0.25) is 0 Å². The third kappa shape index (κ3) is 4.52. The van der Waals surface area contributed by atoms with Gasteiger partial charge in [0.15, 0.2) is 0 Å². The number of nitrogens with one attached hydrogen (secondary N) is 1. The first-order chi connectivity index (χ1) is 9.25. The van der Waals surface area contributed by atoms with Crippen molar-refractivity contribution in [2.24, 2.45) is 5.41 Å². The standard InChI is InChI=1S/C18H30N2/c1-17(2,3)19-14-15-6-8-16(9-7-15)20-12-10-18(4,5)11-13-20/h6-9,19H,10-14H2,1-5H3. The molecule has 20 heavy (non-hydrogen) atoms. The lowest BCUT2D eigenvalue weighted by atomic mass is 9.82. The Balaban J connectivity index is 1.92. The van der Waals surface area contributed by atoms with Gasteiger partial charge in [0, 0.05) is 30.9 Å². The van der Waals surface area contributed by atoms with Crippen molar-refractivity contribution in [3.05, 3.63) is 29.8 Å². The summed E-state index contributed by atoms with van der Waals surface area (Å²) in [4.78, 5) is 2.52. The van der Waals surface area contributed by atoms with Crippen LogP contribution in [0.4, 0.5) is 5.69 Å². The summed E-state index contributed by atoms with van der Waals surface area (Å²) in [6.07, 6.45) is 2.58. The molecule has 112 valence electrons. The van der Waals surface area contributed by atoms with Gasteiger partial charge in [0.05, 0.1) is 0 Å². The number of hydrogen-bond acceptors (Lipinski definition) is 2. The molecule has 0 bridgehead atoms. The molecule has 0 spiro atoms. The Hall–Kier alpha value is -1.02. The van der Waals surface area contributed by atoms with Gasteiger partial charge in [0.2, 0.25) is 0 Å². The molecule has 0 unspecified atom stereocenters. The van der Waals surface area contributed by atoms with E-state index in [9.17, 15) is 0 Å². The van der Waals surface area contributed by atoms with Crippen LogP contribution in [0.15, 0.2) is 24.3 Å². The van der Waals surface area contributed by atoms with Crippen LogP contribution in [-0.2, 0) is 6.54 Å². The van der Waals surface area contributed by atoms with E-state index in [1.165, 1.54) is 37.2 Å². The van der Waals surface area contributed by atoms with Crippen molar-refractivity contribution in [1.29, 1.82) is 0 Å². The van der Waals surface area contributed by atoms with E-state index in [0.717, 1.165) is 6.54 Å². The summed E-state index contributed by atoms with van der Waals surface area (Å²) >= 11 is 0. The molecular formula is C18H30N2. The Morgan fingerprint density at radius 2 is 1.60 bits per heavy atom. The molecule has 0 saturated carbocycles. The van der Waals surface area contributed by atoms with E-state index >= 15 is 0 Å². The minimum absolute atomic E-state index is 0.178. The number of piperidine rings is 1. The predicted octanol–water partition coefficient (Wildman–Crippen LogP) is 4.20. The zero-order valence-electron chi connectivity index (χ0n) is 13.8. The van der Waals surface area contributed by atoms with E-state index in [-0.39, 0.29) is 5.54 Å². The third-order valence-electron chi connectivity index (χ3n) is 4.24. The fraction of sp³-hybridized carbons (Fsp3) is 0.667. The highest BCUT2D eigenvalue weighted by Crippen LogP contribution is 2.32. The van der Waals surface area contributed by atoms with Crippen LogP contribution in [0.2, 0.25) is 0 Å². The van der Waals surface area contributed by atoms with Crippen molar-refractivity contribution in [1.82, 2.24) is 5.32 Å². The number of rotatable bonds is 3. The number of anilines is 1. The van der Waals surface area contributed by atoms with Crippen LogP contribution in [0.3, 0.4) is 0 Å². The zero-order valence-corrected chi connectivity index (χ0v) is 13.8. The van der Waals surface area contributed by atoms with Crippen LogP contribution in [0.1, 0.15) is 53.0 Å². The highest BCUT2D eigenvalue weighted by atomic mass is 15.1. The molecule has 2 nitrogen and oxygen atoms in total. The summed E-state index contributed by atoms with van der Waals surface area (Å²) in [6, 6.07) is 9.07. The van der Waals surface area contributed by atoms with Gasteiger partial charge in [0.25, 0.3) is 0 Å². The van der Waals surface area contributed by atoms with Crippen LogP contribution in [0.5, 0.6) is 0 Å². The van der Waals surface area contributed by atoms with Gasteiger partial charge in [-0.15, -0.1) is 0 Å². The van der Waals surface area contributed by atoms with Crippen molar-refractivity contribution in [2.75, 3.05) is 18.0 Å². The molecule has 0 radical (unpaired) electrons. The van der Waals surface area contributed by atoms with Gasteiger partial charge < -0.3 is 10.2 Å². The molecule has 0 aliphatic carbocycles. The summed E-state index contributed by atoms with van der Waals surface area (Å²) in [7, 11) is 0. The topological polar surface area (TPSA) is 15.3 Å². The normalized spacial score (nSPS) is 19.1. The Morgan fingerprint density at radius 1 is 1.05 bits per heavy atom. The summed E-state index contributed by atoms with van der Waals surface area (Å²) in [6.45, 7) is 14.7. The Kier molecular flexibility index (Phi) is 4.43. The summed E-state index contributed by atoms with van der Waals surface area (Å²) < 4.78 is 0. The molecule has 1 aromatic rings. The van der Waals surface area contributed by atoms with Crippen molar-refractivity contribution in [3.63, 3.8) is 0 Å². The highest BCUT2D eigenvalue weighted by Gasteiger charge is 2.25. The molecule has 1 aliphatic heterocycles. The Labute approximate surface area is 124 Å². The van der Waals surface area contributed by atoms with E-state index in [0.29, 0.717) is 5.41 Å². The zero-order chi connectivity index (χ0) is 14.8. The summed E-state index contributed by atoms with van der Waals surface area (Å²) in [5.74, 6) is 0. The van der Waals surface area contributed by atoms with Gasteiger partial charge in [-0.05, 0) is 56.7 Å². The first kappa shape index (κ1) is 15.4. The molecule has 0 aromatic heterocycles. The Morgan fingerprint density at radius 3 is 2.10 bits per heavy atom. The highest BCUT2D eigenvalue weighted by molar-refractivity contribution is 5.48. The summed E-state index contributed by atoms with van der Waals surface area (Å²) in [5, 5.41) is 3.53. The first-order valence-corrected chi connectivity index (χ1v) is 7.84. The van der Waals surface area contributed by atoms with Crippen LogP contribution >= 0.6 is 0 Å². The molecule has 0 amide bonds. The lowest BCUT2D eigenvalue weighted by Crippen LogP contribution is -2.37. The molecule has 1 saturated heterocycles. The number of benzene rings is 1. The number of nitrogens with zero attached hydrogens (tertiary/aromatic N) is 1. The van der Waals surface area contributed by atoms with Crippen molar-refractivity contribution < 1.29 is 0 Å². The van der Waals surface area contributed by atoms with Gasteiger partial charge >= 0.3 is 0 Å². The van der Waals surface area contributed by atoms with Crippen molar-refractivity contribution in [3.8, 4) is 0 Å². The molecule has 2 rings (SSSR count). The molecule has 1 aliphatic rings. The molecule has 1 heterocycles. The predicted molar refractivity (Wildman–Crippen MR) is 88.3 cm³/mol. The molecule has 1 aromatic carbocycles. The first-order valence-electron chi connectivity index (χ1n) is 7.84. The fourth-order valence-electron chi connectivity index (χ4n) is 2.56.